The van der Waals surface area contributed by atoms with Crippen molar-refractivity contribution in [1.29, 1.82) is 5.26 Å². The number of pyridine rings is 1. The van der Waals surface area contributed by atoms with E-state index in [1.165, 1.54) is 6.92 Å². The number of rotatable bonds is 2. The maximum absolute atomic E-state index is 12.3. The van der Waals surface area contributed by atoms with Crippen molar-refractivity contribution in [3.8, 4) is 6.07 Å². The van der Waals surface area contributed by atoms with Gasteiger partial charge in [-0.25, -0.2) is 8.78 Å². The zero-order valence-corrected chi connectivity index (χ0v) is 7.79. The molecule has 0 aliphatic rings. The van der Waals surface area contributed by atoms with Gasteiger partial charge in [-0.05, 0) is 13.0 Å². The molecule has 0 radical (unpaired) electrons. The zero-order chi connectivity index (χ0) is 11.6. The van der Waals surface area contributed by atoms with Gasteiger partial charge in [0.05, 0.1) is 16.8 Å². The van der Waals surface area contributed by atoms with Crippen LogP contribution in [0.5, 0.6) is 0 Å². The first kappa shape index (κ1) is 11.0. The lowest BCUT2D eigenvalue weighted by molar-refractivity contribution is 0.0998. The van der Waals surface area contributed by atoms with Gasteiger partial charge in [-0.2, -0.15) is 5.26 Å². The van der Waals surface area contributed by atoms with Crippen molar-refractivity contribution in [2.75, 3.05) is 0 Å². The van der Waals surface area contributed by atoms with Crippen molar-refractivity contribution in [3.63, 3.8) is 0 Å². The summed E-state index contributed by atoms with van der Waals surface area (Å²) in [6, 6.07) is 2.51. The number of halogens is 2. The van der Waals surface area contributed by atoms with Crippen LogP contribution in [0.2, 0.25) is 0 Å². The fourth-order valence-corrected chi connectivity index (χ4v) is 1.21. The Morgan fingerprint density at radius 2 is 2.27 bits per heavy atom. The molecule has 1 aromatic rings. The lowest BCUT2D eigenvalue weighted by Gasteiger charge is -2.06. The normalized spacial score (nSPS) is 10.1. The van der Waals surface area contributed by atoms with E-state index in [1.54, 1.807) is 6.07 Å². The summed E-state index contributed by atoms with van der Waals surface area (Å²) >= 11 is 0. The predicted molar refractivity (Wildman–Crippen MR) is 47.2 cm³/mol. The number of aromatic nitrogens is 1. The maximum atomic E-state index is 12.3. The van der Waals surface area contributed by atoms with Crippen molar-refractivity contribution in [2.45, 2.75) is 13.3 Å². The lowest BCUT2D eigenvalue weighted by atomic mass is 10.1. The topological polar surface area (TPSA) is 79.8 Å². The molecule has 0 aromatic carbocycles. The van der Waals surface area contributed by atoms with Crippen LogP contribution in [0.4, 0.5) is 8.78 Å². The molecule has 0 unspecified atom stereocenters. The smallest absolute Gasteiger partial charge is 0.280 e. The summed E-state index contributed by atoms with van der Waals surface area (Å²) in [6.07, 6.45) is -2.78. The largest absolute Gasteiger partial charge is 0.366 e. The molecule has 2 N–H and O–H groups in total. The number of carbonyl (C=O) groups excluding carboxylic acids is 1. The summed E-state index contributed by atoms with van der Waals surface area (Å²) < 4.78 is 24.6. The Kier molecular flexibility index (Phi) is 2.95. The second-order valence-electron chi connectivity index (χ2n) is 2.83. The number of carbonyl (C=O) groups is 1. The predicted octanol–water partition coefficient (Wildman–Crippen LogP) is 1.30. The molecule has 0 atom stereocenters. The van der Waals surface area contributed by atoms with Gasteiger partial charge in [-0.3, -0.25) is 9.78 Å². The van der Waals surface area contributed by atoms with Gasteiger partial charge in [-0.15, -0.1) is 0 Å². The summed E-state index contributed by atoms with van der Waals surface area (Å²) in [6.45, 7) is 1.35. The summed E-state index contributed by atoms with van der Waals surface area (Å²) in [5.74, 6) is -0.850. The molecular weight excluding hydrogens is 204 g/mol. The van der Waals surface area contributed by atoms with Gasteiger partial charge in [0.2, 0.25) is 0 Å². The van der Waals surface area contributed by atoms with E-state index in [1.807, 2.05) is 0 Å². The number of nitriles is 1. The van der Waals surface area contributed by atoms with Gasteiger partial charge >= 0.3 is 0 Å². The minimum absolute atomic E-state index is 0.0388. The highest BCUT2D eigenvalue weighted by Gasteiger charge is 2.18. The molecule has 0 bridgehead atoms. The van der Waals surface area contributed by atoms with Crippen molar-refractivity contribution < 1.29 is 13.6 Å². The molecule has 1 rings (SSSR count). The van der Waals surface area contributed by atoms with Crippen LogP contribution in [-0.4, -0.2) is 10.9 Å². The van der Waals surface area contributed by atoms with E-state index >= 15 is 0 Å². The average Bonchev–Trinajstić information content (AvgIpc) is 2.15. The molecule has 0 aliphatic heterocycles. The standard InChI is InChI=1S/C9H7F2N3O/c1-4-7(9(13)15)5(3-12)2-6(14-4)8(10)11/h2,8H,1H3,(H2,13,15). The molecule has 1 amide bonds. The third-order valence-corrected chi connectivity index (χ3v) is 1.81. The fourth-order valence-electron chi connectivity index (χ4n) is 1.21. The van der Waals surface area contributed by atoms with E-state index in [0.29, 0.717) is 0 Å². The molecule has 4 nitrogen and oxygen atoms in total. The molecular formula is C9H7F2N3O. The van der Waals surface area contributed by atoms with Gasteiger partial charge in [0.1, 0.15) is 11.8 Å². The van der Waals surface area contributed by atoms with Gasteiger partial charge in [0.25, 0.3) is 12.3 Å². The maximum Gasteiger partial charge on any atom is 0.280 e. The van der Waals surface area contributed by atoms with Gasteiger partial charge in [0.15, 0.2) is 0 Å². The van der Waals surface area contributed by atoms with Crippen LogP contribution < -0.4 is 5.73 Å². The SMILES string of the molecule is Cc1nc(C(F)F)cc(C#N)c1C(N)=O. The minimum atomic E-state index is -2.78. The van der Waals surface area contributed by atoms with Crippen LogP contribution in [0.1, 0.15) is 33.7 Å². The Morgan fingerprint density at radius 3 is 2.67 bits per heavy atom. The number of primary amides is 1. The Bertz CT molecular complexity index is 451. The molecule has 1 aromatic heterocycles. The van der Waals surface area contributed by atoms with E-state index < -0.39 is 18.0 Å². The molecule has 0 aliphatic carbocycles. The van der Waals surface area contributed by atoms with Gasteiger partial charge < -0.3 is 5.73 Å². The zero-order valence-electron chi connectivity index (χ0n) is 7.79. The molecule has 0 saturated carbocycles. The van der Waals surface area contributed by atoms with Crippen molar-refractivity contribution in [3.05, 3.63) is 28.6 Å². The van der Waals surface area contributed by atoms with E-state index in [-0.39, 0.29) is 16.8 Å². The van der Waals surface area contributed by atoms with E-state index in [0.717, 1.165) is 6.07 Å². The number of alkyl halides is 2. The first-order chi connectivity index (χ1) is 6.97. The summed E-state index contributed by atoms with van der Waals surface area (Å²) in [5, 5.41) is 8.67. The van der Waals surface area contributed by atoms with Crippen molar-refractivity contribution in [2.24, 2.45) is 5.73 Å². The van der Waals surface area contributed by atoms with E-state index in [9.17, 15) is 13.6 Å². The monoisotopic (exact) mass is 211 g/mol. The second kappa shape index (κ2) is 4.00. The van der Waals surface area contributed by atoms with Crippen LogP contribution in [0, 0.1) is 18.3 Å². The van der Waals surface area contributed by atoms with Crippen molar-refractivity contribution >= 4 is 5.91 Å². The Morgan fingerprint density at radius 1 is 1.67 bits per heavy atom. The van der Waals surface area contributed by atoms with Crippen LogP contribution in [0.15, 0.2) is 6.07 Å². The van der Waals surface area contributed by atoms with Crippen molar-refractivity contribution in [1.82, 2.24) is 4.98 Å². The number of amides is 1. The third-order valence-electron chi connectivity index (χ3n) is 1.81. The summed E-state index contributed by atoms with van der Waals surface area (Å²) in [7, 11) is 0. The molecule has 0 spiro atoms. The average molecular weight is 211 g/mol. The first-order valence-corrected chi connectivity index (χ1v) is 3.97. The highest BCUT2D eigenvalue weighted by Crippen LogP contribution is 2.21. The molecule has 78 valence electrons. The van der Waals surface area contributed by atoms with Gasteiger partial charge in [-0.1, -0.05) is 0 Å². The van der Waals surface area contributed by atoms with Gasteiger partial charge in [0, 0.05) is 0 Å². The lowest BCUT2D eigenvalue weighted by Crippen LogP contribution is -2.16. The number of aryl methyl sites for hydroxylation is 1. The Balaban J connectivity index is 3.46. The van der Waals surface area contributed by atoms with Crippen LogP contribution in [0.25, 0.3) is 0 Å². The molecule has 0 saturated heterocycles. The third kappa shape index (κ3) is 2.07. The number of nitrogens with two attached hydrogens (primary N) is 1. The van der Waals surface area contributed by atoms with Crippen LogP contribution in [-0.2, 0) is 0 Å². The quantitative estimate of drug-likeness (QED) is 0.800. The Hall–Kier alpha value is -2.03. The van der Waals surface area contributed by atoms with Crippen LogP contribution in [0.3, 0.4) is 0 Å². The van der Waals surface area contributed by atoms with E-state index in [2.05, 4.69) is 4.98 Å². The summed E-state index contributed by atoms with van der Waals surface area (Å²) in [5.41, 5.74) is 4.22. The minimum Gasteiger partial charge on any atom is -0.366 e. The Labute approximate surface area is 84.3 Å². The molecule has 1 heterocycles. The molecule has 0 fully saturated rings. The second-order valence-corrected chi connectivity index (χ2v) is 2.83. The number of nitrogens with zero attached hydrogens (tertiary/aromatic N) is 2. The molecule has 15 heavy (non-hydrogen) atoms. The fraction of sp³-hybridized carbons (Fsp3) is 0.222. The number of hydrogen-bond acceptors (Lipinski definition) is 3. The molecule has 6 heteroatoms. The highest BCUT2D eigenvalue weighted by molar-refractivity contribution is 5.96. The first-order valence-electron chi connectivity index (χ1n) is 3.97. The highest BCUT2D eigenvalue weighted by atomic mass is 19.3. The van der Waals surface area contributed by atoms with E-state index in [4.69, 9.17) is 11.0 Å². The summed E-state index contributed by atoms with van der Waals surface area (Å²) in [4.78, 5) is 14.4. The number of hydrogen-bond donors (Lipinski definition) is 1. The van der Waals surface area contributed by atoms with Crippen LogP contribution >= 0.6 is 0 Å².